The smallest absolute Gasteiger partial charge is 0.256 e. The highest BCUT2D eigenvalue weighted by Crippen LogP contribution is 2.25. The molecule has 2 fully saturated rings. The molecule has 1 atom stereocenters. The summed E-state index contributed by atoms with van der Waals surface area (Å²) in [6, 6.07) is 5.15. The molecule has 4 nitrogen and oxygen atoms in total. The maximum atomic E-state index is 13.8. The highest BCUT2D eigenvalue weighted by atomic mass is 19.1. The van der Waals surface area contributed by atoms with E-state index in [-0.39, 0.29) is 11.7 Å². The van der Waals surface area contributed by atoms with Gasteiger partial charge in [-0.3, -0.25) is 9.69 Å². The summed E-state index contributed by atoms with van der Waals surface area (Å²) in [5, 5.41) is 2.81. The molecule has 0 aromatic heterocycles. The second-order valence-electron chi connectivity index (χ2n) is 5.85. The lowest BCUT2D eigenvalue weighted by Gasteiger charge is -2.44. The lowest BCUT2D eigenvalue weighted by atomic mass is 9.99. The highest BCUT2D eigenvalue weighted by molar-refractivity contribution is 5.99. The topological polar surface area (TPSA) is 35.6 Å². The van der Waals surface area contributed by atoms with Crippen molar-refractivity contribution in [3.63, 3.8) is 0 Å². The Morgan fingerprint density at radius 2 is 2.14 bits per heavy atom. The Bertz CT molecular complexity index is 534. The van der Waals surface area contributed by atoms with Gasteiger partial charge in [-0.25, -0.2) is 4.39 Å². The molecule has 2 saturated heterocycles. The van der Waals surface area contributed by atoms with Gasteiger partial charge in [0, 0.05) is 32.7 Å². The number of piperazine rings is 1. The van der Waals surface area contributed by atoms with E-state index in [2.05, 4.69) is 10.2 Å². The van der Waals surface area contributed by atoms with Gasteiger partial charge in [0.25, 0.3) is 5.91 Å². The van der Waals surface area contributed by atoms with E-state index in [9.17, 15) is 9.18 Å². The van der Waals surface area contributed by atoms with Crippen LogP contribution in [0.2, 0.25) is 0 Å². The number of hydrogen-bond donors (Lipinski definition) is 1. The van der Waals surface area contributed by atoms with Crippen LogP contribution in [0.3, 0.4) is 0 Å². The number of carbonyl (C=O) groups is 1. The number of anilines is 1. The van der Waals surface area contributed by atoms with Crippen LogP contribution < -0.4 is 5.32 Å². The molecule has 1 N–H and O–H groups in total. The molecule has 0 saturated carbocycles. The number of carbonyl (C=O) groups excluding carboxylic acids is 1. The van der Waals surface area contributed by atoms with Crippen LogP contribution in [0.4, 0.5) is 10.1 Å². The molecular weight excluding hydrogens is 269 g/mol. The molecule has 0 bridgehead atoms. The molecule has 114 valence electrons. The maximum absolute atomic E-state index is 13.8. The zero-order valence-corrected chi connectivity index (χ0v) is 12.4. The van der Waals surface area contributed by atoms with Gasteiger partial charge in [0.15, 0.2) is 0 Å². The van der Waals surface area contributed by atoms with Crippen LogP contribution in [0.5, 0.6) is 0 Å². The van der Waals surface area contributed by atoms with Crippen LogP contribution in [0.25, 0.3) is 0 Å². The molecule has 0 spiro atoms. The molecule has 2 heterocycles. The fraction of sp³-hybridized carbons (Fsp3) is 0.562. The third kappa shape index (κ3) is 2.75. The number of nitrogens with zero attached hydrogens (tertiary/aromatic N) is 2. The van der Waals surface area contributed by atoms with Crippen LogP contribution >= 0.6 is 0 Å². The highest BCUT2D eigenvalue weighted by Gasteiger charge is 2.32. The Hall–Kier alpha value is -1.62. The molecule has 21 heavy (non-hydrogen) atoms. The van der Waals surface area contributed by atoms with Gasteiger partial charge in [0.05, 0.1) is 11.3 Å². The first-order valence-electron chi connectivity index (χ1n) is 7.70. The summed E-state index contributed by atoms with van der Waals surface area (Å²) < 4.78 is 13.8. The number of nitrogens with one attached hydrogen (secondary N) is 1. The Balaban J connectivity index is 1.78. The van der Waals surface area contributed by atoms with Crippen molar-refractivity contribution < 1.29 is 9.18 Å². The van der Waals surface area contributed by atoms with Gasteiger partial charge in [0.2, 0.25) is 0 Å². The minimum Gasteiger partial charge on any atom is -0.385 e. The van der Waals surface area contributed by atoms with E-state index in [1.54, 1.807) is 19.2 Å². The summed E-state index contributed by atoms with van der Waals surface area (Å²) in [6.07, 6.45) is 3.66. The largest absolute Gasteiger partial charge is 0.385 e. The van der Waals surface area contributed by atoms with Crippen LogP contribution in [0.15, 0.2) is 18.2 Å². The van der Waals surface area contributed by atoms with Gasteiger partial charge in [0.1, 0.15) is 5.82 Å². The van der Waals surface area contributed by atoms with Gasteiger partial charge >= 0.3 is 0 Å². The Morgan fingerprint density at radius 3 is 2.95 bits per heavy atom. The SMILES string of the molecule is CNc1c(F)cccc1C(=O)N1CCN2CCCCC2C1. The van der Waals surface area contributed by atoms with Crippen molar-refractivity contribution in [1.29, 1.82) is 0 Å². The lowest BCUT2D eigenvalue weighted by Crippen LogP contribution is -2.56. The molecular formula is C16H22FN3O. The predicted octanol–water partition coefficient (Wildman–Crippen LogP) is 2.18. The molecule has 0 radical (unpaired) electrons. The molecule has 1 unspecified atom stereocenters. The van der Waals surface area contributed by atoms with E-state index in [0.717, 1.165) is 32.6 Å². The monoisotopic (exact) mass is 291 g/mol. The number of amides is 1. The number of piperidine rings is 1. The van der Waals surface area contributed by atoms with Gasteiger partial charge in [-0.05, 0) is 31.5 Å². The molecule has 1 aromatic carbocycles. The Kier molecular flexibility index (Phi) is 4.10. The fourth-order valence-corrected chi connectivity index (χ4v) is 3.47. The van der Waals surface area contributed by atoms with Crippen molar-refractivity contribution >= 4 is 11.6 Å². The third-order valence-corrected chi connectivity index (χ3v) is 4.62. The molecule has 3 rings (SSSR count). The molecule has 1 amide bonds. The number of para-hydroxylation sites is 1. The number of halogens is 1. The quantitative estimate of drug-likeness (QED) is 0.907. The number of hydrogen-bond acceptors (Lipinski definition) is 3. The third-order valence-electron chi connectivity index (χ3n) is 4.62. The average molecular weight is 291 g/mol. The summed E-state index contributed by atoms with van der Waals surface area (Å²) in [5.74, 6) is -0.441. The standard InChI is InChI=1S/C16H22FN3O/c1-18-15-13(6-4-7-14(15)17)16(21)20-10-9-19-8-3-2-5-12(19)11-20/h4,6-7,12,18H,2-3,5,8-11H2,1H3. The molecule has 2 aliphatic heterocycles. The Labute approximate surface area is 124 Å². The van der Waals surface area contributed by atoms with E-state index in [0.29, 0.717) is 17.3 Å². The fourth-order valence-electron chi connectivity index (χ4n) is 3.47. The first-order valence-corrected chi connectivity index (χ1v) is 7.70. The normalized spacial score (nSPS) is 22.8. The first kappa shape index (κ1) is 14.3. The van der Waals surface area contributed by atoms with Crippen LogP contribution in [0.1, 0.15) is 29.6 Å². The van der Waals surface area contributed by atoms with Crippen molar-refractivity contribution in [1.82, 2.24) is 9.80 Å². The minimum atomic E-state index is -0.375. The van der Waals surface area contributed by atoms with Crippen molar-refractivity contribution in [2.75, 3.05) is 38.5 Å². The summed E-state index contributed by atoms with van der Waals surface area (Å²) >= 11 is 0. The van der Waals surface area contributed by atoms with Crippen molar-refractivity contribution in [2.24, 2.45) is 0 Å². The predicted molar refractivity (Wildman–Crippen MR) is 81.1 cm³/mol. The van der Waals surface area contributed by atoms with Gasteiger partial charge in [-0.15, -0.1) is 0 Å². The van der Waals surface area contributed by atoms with Gasteiger partial charge in [-0.1, -0.05) is 12.5 Å². The summed E-state index contributed by atoms with van der Waals surface area (Å²) in [4.78, 5) is 17.1. The van der Waals surface area contributed by atoms with Crippen molar-refractivity contribution in [3.8, 4) is 0 Å². The molecule has 0 aliphatic carbocycles. The summed E-state index contributed by atoms with van der Waals surface area (Å²) in [5.41, 5.74) is 0.732. The Morgan fingerprint density at radius 1 is 1.29 bits per heavy atom. The first-order chi connectivity index (χ1) is 10.2. The molecule has 2 aliphatic rings. The van der Waals surface area contributed by atoms with Gasteiger partial charge < -0.3 is 10.2 Å². The maximum Gasteiger partial charge on any atom is 0.256 e. The van der Waals surface area contributed by atoms with E-state index in [1.807, 2.05) is 4.90 Å². The van der Waals surface area contributed by atoms with E-state index in [4.69, 9.17) is 0 Å². The number of fused-ring (bicyclic) bond motifs is 1. The number of benzene rings is 1. The van der Waals surface area contributed by atoms with Crippen LogP contribution in [0, 0.1) is 5.82 Å². The molecule has 1 aromatic rings. The van der Waals surface area contributed by atoms with Gasteiger partial charge in [-0.2, -0.15) is 0 Å². The number of rotatable bonds is 2. The van der Waals surface area contributed by atoms with Crippen molar-refractivity contribution in [2.45, 2.75) is 25.3 Å². The second kappa shape index (κ2) is 6.02. The zero-order valence-electron chi connectivity index (χ0n) is 12.4. The second-order valence-corrected chi connectivity index (χ2v) is 5.85. The van der Waals surface area contributed by atoms with E-state index < -0.39 is 0 Å². The minimum absolute atomic E-state index is 0.0657. The van der Waals surface area contributed by atoms with E-state index >= 15 is 0 Å². The summed E-state index contributed by atoms with van der Waals surface area (Å²) in [7, 11) is 1.65. The average Bonchev–Trinajstić information content (AvgIpc) is 2.53. The lowest BCUT2D eigenvalue weighted by molar-refractivity contribution is 0.0373. The molecule has 5 heteroatoms. The van der Waals surface area contributed by atoms with E-state index in [1.165, 1.54) is 18.9 Å². The van der Waals surface area contributed by atoms with Crippen LogP contribution in [-0.4, -0.2) is 55.0 Å². The van der Waals surface area contributed by atoms with Crippen LogP contribution in [-0.2, 0) is 0 Å². The summed E-state index contributed by atoms with van der Waals surface area (Å²) in [6.45, 7) is 3.57. The van der Waals surface area contributed by atoms with Crippen molar-refractivity contribution in [3.05, 3.63) is 29.6 Å². The zero-order chi connectivity index (χ0) is 14.8.